The first-order chi connectivity index (χ1) is 11.0. The molecule has 0 bridgehead atoms. The molecule has 1 N–H and O–H groups in total. The number of halogens is 1. The number of carbonyl (C=O) groups is 1. The van der Waals surface area contributed by atoms with Gasteiger partial charge in [-0.2, -0.15) is 0 Å². The van der Waals surface area contributed by atoms with Crippen molar-refractivity contribution in [1.29, 1.82) is 0 Å². The molecule has 124 valence electrons. The van der Waals surface area contributed by atoms with Gasteiger partial charge in [-0.15, -0.1) is 0 Å². The standard InChI is InChI=1S/C19H25ClN2O/c1-15(2)9-10-21-19(23)13-17(14-22-11-3-4-12-22)16-5-7-18(20)8-6-16/h3-8,11-12,15,17H,9-10,13-14H2,1-2H3,(H,21,23). The minimum absolute atomic E-state index is 0.109. The van der Waals surface area contributed by atoms with Crippen LogP contribution in [0, 0.1) is 5.92 Å². The summed E-state index contributed by atoms with van der Waals surface area (Å²) in [6, 6.07) is 11.8. The van der Waals surface area contributed by atoms with Gasteiger partial charge < -0.3 is 9.88 Å². The van der Waals surface area contributed by atoms with Crippen LogP contribution < -0.4 is 5.32 Å². The molecule has 1 amide bonds. The van der Waals surface area contributed by atoms with E-state index in [-0.39, 0.29) is 11.8 Å². The van der Waals surface area contributed by atoms with Crippen LogP contribution in [-0.2, 0) is 11.3 Å². The highest BCUT2D eigenvalue weighted by Crippen LogP contribution is 2.24. The van der Waals surface area contributed by atoms with Crippen molar-refractivity contribution in [2.24, 2.45) is 5.92 Å². The van der Waals surface area contributed by atoms with Crippen LogP contribution >= 0.6 is 11.6 Å². The predicted molar refractivity (Wildman–Crippen MR) is 95.7 cm³/mol. The minimum atomic E-state index is 0.109. The average Bonchev–Trinajstić information content (AvgIpc) is 3.00. The van der Waals surface area contributed by atoms with Crippen LogP contribution in [0.4, 0.5) is 0 Å². The molecular formula is C19H25ClN2O. The summed E-state index contributed by atoms with van der Waals surface area (Å²) >= 11 is 5.98. The summed E-state index contributed by atoms with van der Waals surface area (Å²) in [6.07, 6.45) is 5.55. The maximum absolute atomic E-state index is 12.3. The molecule has 2 aromatic rings. The molecule has 23 heavy (non-hydrogen) atoms. The molecule has 0 spiro atoms. The number of rotatable bonds is 8. The first kappa shape index (κ1) is 17.6. The molecule has 1 atom stereocenters. The van der Waals surface area contributed by atoms with Crippen LogP contribution in [0.5, 0.6) is 0 Å². The van der Waals surface area contributed by atoms with Gasteiger partial charge in [0.1, 0.15) is 0 Å². The molecule has 1 unspecified atom stereocenters. The minimum Gasteiger partial charge on any atom is -0.356 e. The van der Waals surface area contributed by atoms with Gasteiger partial charge in [-0.05, 0) is 42.2 Å². The lowest BCUT2D eigenvalue weighted by atomic mass is 9.95. The van der Waals surface area contributed by atoms with Crippen molar-refractivity contribution in [2.75, 3.05) is 6.54 Å². The molecule has 2 rings (SSSR count). The summed E-state index contributed by atoms with van der Waals surface area (Å²) in [5.41, 5.74) is 1.14. The van der Waals surface area contributed by atoms with Crippen molar-refractivity contribution in [2.45, 2.75) is 39.2 Å². The third kappa shape index (κ3) is 6.11. The lowest BCUT2D eigenvalue weighted by molar-refractivity contribution is -0.121. The summed E-state index contributed by atoms with van der Waals surface area (Å²) < 4.78 is 2.11. The van der Waals surface area contributed by atoms with Crippen LogP contribution in [0.1, 0.15) is 38.2 Å². The molecule has 0 aliphatic heterocycles. The van der Waals surface area contributed by atoms with E-state index in [2.05, 4.69) is 23.7 Å². The van der Waals surface area contributed by atoms with Gasteiger partial charge in [0, 0.05) is 42.8 Å². The van der Waals surface area contributed by atoms with Crippen LogP contribution in [-0.4, -0.2) is 17.0 Å². The molecule has 0 saturated carbocycles. The van der Waals surface area contributed by atoms with Gasteiger partial charge >= 0.3 is 0 Å². The highest BCUT2D eigenvalue weighted by atomic mass is 35.5. The number of hydrogen-bond donors (Lipinski definition) is 1. The Balaban J connectivity index is 2.01. The van der Waals surface area contributed by atoms with E-state index in [9.17, 15) is 4.79 Å². The summed E-state index contributed by atoms with van der Waals surface area (Å²) in [5, 5.41) is 3.75. The van der Waals surface area contributed by atoms with Crippen LogP contribution in [0.25, 0.3) is 0 Å². The second-order valence-corrected chi connectivity index (χ2v) is 6.80. The smallest absolute Gasteiger partial charge is 0.220 e. The maximum atomic E-state index is 12.3. The second kappa shape index (κ2) is 8.78. The van der Waals surface area contributed by atoms with E-state index in [1.54, 1.807) is 0 Å². The third-order valence-corrected chi connectivity index (χ3v) is 4.17. The Kier molecular flexibility index (Phi) is 6.72. The highest BCUT2D eigenvalue weighted by Gasteiger charge is 2.16. The van der Waals surface area contributed by atoms with E-state index in [0.29, 0.717) is 12.3 Å². The van der Waals surface area contributed by atoms with Gasteiger partial charge in [-0.3, -0.25) is 4.79 Å². The second-order valence-electron chi connectivity index (χ2n) is 6.36. The lowest BCUT2D eigenvalue weighted by Gasteiger charge is -2.18. The summed E-state index contributed by atoms with van der Waals surface area (Å²) in [7, 11) is 0. The van der Waals surface area contributed by atoms with E-state index in [0.717, 1.165) is 30.1 Å². The zero-order valence-electron chi connectivity index (χ0n) is 13.8. The average molecular weight is 333 g/mol. The number of aromatic nitrogens is 1. The predicted octanol–water partition coefficient (Wildman–Crippen LogP) is 4.48. The number of benzene rings is 1. The van der Waals surface area contributed by atoms with Gasteiger partial charge in [-0.25, -0.2) is 0 Å². The molecule has 0 saturated heterocycles. The first-order valence-electron chi connectivity index (χ1n) is 8.17. The fraction of sp³-hybridized carbons (Fsp3) is 0.421. The van der Waals surface area contributed by atoms with Gasteiger partial charge in [0.25, 0.3) is 0 Å². The quantitative estimate of drug-likeness (QED) is 0.760. The van der Waals surface area contributed by atoms with Crippen molar-refractivity contribution in [3.05, 3.63) is 59.4 Å². The Morgan fingerprint density at radius 3 is 2.43 bits per heavy atom. The van der Waals surface area contributed by atoms with Gasteiger partial charge in [0.2, 0.25) is 5.91 Å². The van der Waals surface area contributed by atoms with Gasteiger partial charge in [-0.1, -0.05) is 37.6 Å². The molecule has 1 aromatic heterocycles. The monoisotopic (exact) mass is 332 g/mol. The summed E-state index contributed by atoms with van der Waals surface area (Å²) in [6.45, 7) is 5.85. The van der Waals surface area contributed by atoms with Crippen LogP contribution in [0.2, 0.25) is 5.02 Å². The molecule has 0 aliphatic carbocycles. The van der Waals surface area contributed by atoms with Gasteiger partial charge in [0.05, 0.1) is 0 Å². The van der Waals surface area contributed by atoms with Crippen LogP contribution in [0.15, 0.2) is 48.8 Å². The zero-order valence-corrected chi connectivity index (χ0v) is 14.6. The molecule has 0 fully saturated rings. The Morgan fingerprint density at radius 1 is 1.17 bits per heavy atom. The molecule has 0 aliphatic rings. The number of carbonyl (C=O) groups excluding carboxylic acids is 1. The fourth-order valence-electron chi connectivity index (χ4n) is 2.57. The Labute approximate surface area is 143 Å². The maximum Gasteiger partial charge on any atom is 0.220 e. The Hall–Kier alpha value is -1.74. The number of hydrogen-bond acceptors (Lipinski definition) is 1. The van der Waals surface area contributed by atoms with E-state index in [4.69, 9.17) is 11.6 Å². The molecule has 4 heteroatoms. The molecule has 1 aromatic carbocycles. The number of nitrogens with one attached hydrogen (secondary N) is 1. The number of amides is 1. The molecule has 0 radical (unpaired) electrons. The van der Waals surface area contributed by atoms with Crippen molar-refractivity contribution >= 4 is 17.5 Å². The first-order valence-corrected chi connectivity index (χ1v) is 8.55. The molecular weight excluding hydrogens is 308 g/mol. The fourth-order valence-corrected chi connectivity index (χ4v) is 2.69. The Bertz CT molecular complexity index is 590. The molecule has 1 heterocycles. The zero-order chi connectivity index (χ0) is 16.7. The van der Waals surface area contributed by atoms with Crippen molar-refractivity contribution in [3.63, 3.8) is 0 Å². The van der Waals surface area contributed by atoms with Crippen LogP contribution in [0.3, 0.4) is 0 Å². The number of nitrogens with zero attached hydrogens (tertiary/aromatic N) is 1. The summed E-state index contributed by atoms with van der Waals surface area (Å²) in [4.78, 5) is 12.3. The van der Waals surface area contributed by atoms with Crippen molar-refractivity contribution in [3.8, 4) is 0 Å². The van der Waals surface area contributed by atoms with E-state index in [1.807, 2.05) is 48.8 Å². The van der Waals surface area contributed by atoms with E-state index in [1.165, 1.54) is 0 Å². The Morgan fingerprint density at radius 2 is 1.83 bits per heavy atom. The van der Waals surface area contributed by atoms with E-state index < -0.39 is 0 Å². The SMILES string of the molecule is CC(C)CCNC(=O)CC(Cn1cccc1)c1ccc(Cl)cc1. The summed E-state index contributed by atoms with van der Waals surface area (Å²) in [5.74, 6) is 0.846. The van der Waals surface area contributed by atoms with E-state index >= 15 is 0 Å². The topological polar surface area (TPSA) is 34.0 Å². The van der Waals surface area contributed by atoms with Crippen molar-refractivity contribution < 1.29 is 4.79 Å². The van der Waals surface area contributed by atoms with Gasteiger partial charge in [0.15, 0.2) is 0 Å². The highest BCUT2D eigenvalue weighted by molar-refractivity contribution is 6.30. The normalized spacial score (nSPS) is 12.3. The van der Waals surface area contributed by atoms with Crippen molar-refractivity contribution in [1.82, 2.24) is 9.88 Å². The molecule has 3 nitrogen and oxygen atoms in total. The third-order valence-electron chi connectivity index (χ3n) is 3.91. The lowest BCUT2D eigenvalue weighted by Crippen LogP contribution is -2.27. The largest absolute Gasteiger partial charge is 0.356 e.